The van der Waals surface area contributed by atoms with Crippen LogP contribution in [0.5, 0.6) is 0 Å². The molecule has 0 aliphatic carbocycles. The second kappa shape index (κ2) is 14.2. The van der Waals surface area contributed by atoms with Gasteiger partial charge in [0.1, 0.15) is 0 Å². The Balaban J connectivity index is 7.87. The van der Waals surface area contributed by atoms with Gasteiger partial charge in [-0.25, -0.2) is 4.39 Å². The highest BCUT2D eigenvalue weighted by Gasteiger charge is 2.91. The second-order valence-electron chi connectivity index (χ2n) is 9.41. The number of ether oxygens (including phenoxy) is 5. The van der Waals surface area contributed by atoms with Crippen molar-refractivity contribution in [1.29, 1.82) is 0 Å². The molecule has 0 saturated heterocycles. The van der Waals surface area contributed by atoms with Crippen LogP contribution in [0, 0.1) is 0 Å². The fourth-order valence-electron chi connectivity index (χ4n) is 2.53. The van der Waals surface area contributed by atoms with Crippen LogP contribution in [0.15, 0.2) is 0 Å². The van der Waals surface area contributed by atoms with Crippen molar-refractivity contribution in [2.45, 2.75) is 103 Å². The minimum Gasteiger partial charge on any atom is -0.272 e. The average Bonchev–Trinajstić information content (AvgIpc) is 2.87. The van der Waals surface area contributed by atoms with Crippen LogP contribution in [0.2, 0.25) is 0 Å². The third-order valence-electron chi connectivity index (χ3n) is 5.26. The first kappa shape index (κ1) is 54.3. The van der Waals surface area contributed by atoms with Gasteiger partial charge >= 0.3 is 96.9 Å². The molecule has 0 bridgehead atoms. The topological polar surface area (TPSA) is 46.2 Å². The van der Waals surface area contributed by atoms with Gasteiger partial charge in [-0.1, -0.05) is 0 Å². The van der Waals surface area contributed by atoms with E-state index in [2.05, 4.69) is 0 Å². The summed E-state index contributed by atoms with van der Waals surface area (Å²) in [7, 11) is 0. The Hall–Kier alpha value is -2.65. The maximum Gasteiger partial charge on any atom is 0.462 e. The Bertz CT molecular complexity index is 1380. The van der Waals surface area contributed by atoms with Crippen LogP contribution in [0.1, 0.15) is 0 Å². The minimum absolute atomic E-state index is 0.705. The number of hydrogen-bond donors (Lipinski definition) is 0. The van der Waals surface area contributed by atoms with Gasteiger partial charge in [0.15, 0.2) is 0 Å². The van der Waals surface area contributed by atoms with Crippen LogP contribution in [-0.2, 0) is 23.7 Å². The summed E-state index contributed by atoms with van der Waals surface area (Å²) in [5.74, 6) is -45.6. The fraction of sp³-hybridized carbons (Fsp3) is 1.00. The summed E-state index contributed by atoms with van der Waals surface area (Å²) in [6.45, 7) is 0. The fourth-order valence-corrected chi connectivity index (χ4v) is 2.53. The van der Waals surface area contributed by atoms with Crippen LogP contribution in [0.3, 0.4) is 0 Å². The summed E-state index contributed by atoms with van der Waals surface area (Å²) in [5, 5.41) is 0. The molecule has 0 amide bonds. The van der Waals surface area contributed by atoms with Crippen molar-refractivity contribution in [3.8, 4) is 0 Å². The summed E-state index contributed by atoms with van der Waals surface area (Å²) in [4.78, 5) is 0. The number of rotatable bonds is 15. The van der Waals surface area contributed by atoms with Crippen LogP contribution in [0.25, 0.3) is 0 Å². The minimum atomic E-state index is -9.53. The number of alkyl halides is 35. The van der Waals surface area contributed by atoms with Gasteiger partial charge in [-0.15, -0.1) is 0 Å². The van der Waals surface area contributed by atoms with E-state index in [1.54, 1.807) is 0 Å². The molecule has 0 saturated carbocycles. The molecule has 0 fully saturated rings. The lowest BCUT2D eigenvalue weighted by Crippen LogP contribution is -2.72. The molecule has 5 atom stereocenters. The van der Waals surface area contributed by atoms with Gasteiger partial charge in [0.25, 0.3) is 6.36 Å². The third kappa shape index (κ3) is 9.40. The van der Waals surface area contributed by atoms with Gasteiger partial charge in [0.05, 0.1) is 0 Å². The Morgan fingerprint density at radius 3 is 0.614 bits per heavy atom. The van der Waals surface area contributed by atoms with Crippen molar-refractivity contribution in [2.75, 3.05) is 0 Å². The first-order valence-electron chi connectivity index (χ1n) is 11.5. The molecule has 0 aromatic rings. The van der Waals surface area contributed by atoms with Crippen molar-refractivity contribution >= 4 is 0 Å². The zero-order valence-electron chi connectivity index (χ0n) is 23.8. The van der Waals surface area contributed by atoms with E-state index < -0.39 is 103 Å². The molecule has 57 heavy (non-hydrogen) atoms. The van der Waals surface area contributed by atoms with Crippen molar-refractivity contribution in [3.05, 3.63) is 0 Å². The zero-order valence-corrected chi connectivity index (χ0v) is 23.8. The quantitative estimate of drug-likeness (QED) is 0.153. The predicted molar refractivity (Wildman–Crippen MR) is 91.7 cm³/mol. The van der Waals surface area contributed by atoms with Crippen LogP contribution in [0.4, 0.5) is 154 Å². The van der Waals surface area contributed by atoms with Gasteiger partial charge in [-0.2, -0.15) is 149 Å². The largest absolute Gasteiger partial charge is 0.462 e. The molecule has 0 unspecified atom stereocenters. The van der Waals surface area contributed by atoms with Crippen molar-refractivity contribution in [3.63, 3.8) is 0 Å². The zero-order chi connectivity index (χ0) is 47.1. The number of halogens is 35. The molecule has 0 aliphatic rings. The molecule has 0 spiro atoms. The molecule has 5 nitrogen and oxygen atoms in total. The van der Waals surface area contributed by atoms with Gasteiger partial charge in [-0.05, 0) is 0 Å². The van der Waals surface area contributed by atoms with E-state index in [1.807, 2.05) is 0 Å². The lowest BCUT2D eigenvalue weighted by molar-refractivity contribution is -0.599. The highest BCUT2D eigenvalue weighted by Crippen LogP contribution is 2.62. The van der Waals surface area contributed by atoms with Crippen LogP contribution >= 0.6 is 0 Å². The molecule has 344 valence electrons. The van der Waals surface area contributed by atoms with Gasteiger partial charge in [0.2, 0.25) is 0 Å². The molecular formula is C17HF35O5. The molecule has 0 aromatic heterocycles. The molecular weight excluding hydrogens is 949 g/mol. The first-order valence-corrected chi connectivity index (χ1v) is 11.5. The normalized spacial score (nSPS) is 20.7. The van der Waals surface area contributed by atoms with Gasteiger partial charge in [-0.3, -0.25) is 23.7 Å². The van der Waals surface area contributed by atoms with Crippen molar-refractivity contribution in [1.82, 2.24) is 0 Å². The Labute approximate surface area is 282 Å². The van der Waals surface area contributed by atoms with E-state index in [1.165, 1.54) is 4.74 Å². The maximum atomic E-state index is 14.5. The second-order valence-corrected chi connectivity index (χ2v) is 9.41. The summed E-state index contributed by atoms with van der Waals surface area (Å²) >= 11 is 0. The molecule has 0 aromatic carbocycles. The van der Waals surface area contributed by atoms with Crippen molar-refractivity contribution < 1.29 is 177 Å². The smallest absolute Gasteiger partial charge is 0.272 e. The molecule has 0 N–H and O–H groups in total. The summed E-state index contributed by atoms with van der Waals surface area (Å²) in [6, 6.07) is 0. The molecule has 0 aliphatic heterocycles. The maximum absolute atomic E-state index is 14.5. The highest BCUT2D eigenvalue weighted by molar-refractivity contribution is 5.00. The van der Waals surface area contributed by atoms with E-state index in [0.29, 0.717) is 9.47 Å². The lowest BCUT2D eigenvalue weighted by atomic mass is 10.2. The van der Waals surface area contributed by atoms with E-state index in [9.17, 15) is 154 Å². The Morgan fingerprint density at radius 2 is 0.439 bits per heavy atom. The van der Waals surface area contributed by atoms with Crippen LogP contribution in [-0.4, -0.2) is 103 Å². The molecule has 40 heteroatoms. The predicted octanol–water partition coefficient (Wildman–Crippen LogP) is 11.0. The Kier molecular flexibility index (Phi) is 13.6. The standard InChI is InChI=1S/C17HF35O5/c18-1(2(19,20)21)53-14(45,46)4(24,9(31,32)33)55-16(49,50)6(26,11(37,38)39)57-17(51,52)7(27,12(40,41)42)56-15(47,48)5(25,10(34,35)36)54-13(43,44)3(22,23)8(28,29)30/h1H/t1-,4+,5-,6-,7-/m1/s1. The van der Waals surface area contributed by atoms with E-state index in [0.717, 1.165) is 9.47 Å². The van der Waals surface area contributed by atoms with Crippen LogP contribution < -0.4 is 0 Å². The summed E-state index contributed by atoms with van der Waals surface area (Å²) in [5.41, 5.74) is 0. The molecule has 0 rings (SSSR count). The lowest BCUT2D eigenvalue weighted by Gasteiger charge is -2.44. The van der Waals surface area contributed by atoms with Crippen molar-refractivity contribution in [2.24, 2.45) is 0 Å². The SMILES string of the molecule is F[C@H](OC(F)(F)[C@@](F)(OC(F)(F)[C@](F)(OC(F)(F)[C@](F)(OC(F)(F)[C@](F)(OC(F)(F)C(F)(F)C(F)(F)F)C(F)(F)F)C(F)(F)F)C(F)(F)F)C(F)(F)F)C(F)(F)F. The van der Waals surface area contributed by atoms with E-state index in [-0.39, 0.29) is 0 Å². The summed E-state index contributed by atoms with van der Waals surface area (Å²) in [6.07, 6.45) is -103. The Morgan fingerprint density at radius 1 is 0.246 bits per heavy atom. The monoisotopic (exact) mass is 950 g/mol. The van der Waals surface area contributed by atoms with Gasteiger partial charge in [0, 0.05) is 0 Å². The van der Waals surface area contributed by atoms with E-state index >= 15 is 0 Å². The van der Waals surface area contributed by atoms with E-state index in [4.69, 9.17) is 0 Å². The third-order valence-corrected chi connectivity index (χ3v) is 5.26. The summed E-state index contributed by atoms with van der Waals surface area (Å²) < 4.78 is 467. The molecule has 0 heterocycles. The average molecular weight is 950 g/mol. The highest BCUT2D eigenvalue weighted by atomic mass is 19.5. The first-order chi connectivity index (χ1) is 24.0. The van der Waals surface area contributed by atoms with Gasteiger partial charge < -0.3 is 0 Å². The molecule has 0 radical (unpaired) electrons. The number of hydrogen-bond acceptors (Lipinski definition) is 5.